The highest BCUT2D eigenvalue weighted by molar-refractivity contribution is 5.82. The van der Waals surface area contributed by atoms with Gasteiger partial charge in [0.1, 0.15) is 11.4 Å². The lowest BCUT2D eigenvalue weighted by molar-refractivity contribution is -0.192. The minimum atomic E-state index is -0.703. The second-order valence-corrected chi connectivity index (χ2v) is 15.1. The van der Waals surface area contributed by atoms with E-state index < -0.39 is 11.8 Å². The molecule has 0 aromatic heterocycles. The average molecular weight is 712 g/mol. The van der Waals surface area contributed by atoms with Crippen molar-refractivity contribution in [2.45, 2.75) is 58.0 Å². The van der Waals surface area contributed by atoms with Crippen LogP contribution in [0.15, 0.2) is 97.1 Å². The van der Waals surface area contributed by atoms with E-state index in [9.17, 15) is 4.79 Å². The van der Waals surface area contributed by atoms with Crippen LogP contribution in [0.4, 0.5) is 4.79 Å². The number of piperidine rings is 1. The van der Waals surface area contributed by atoms with Gasteiger partial charge in [0.15, 0.2) is 0 Å². The van der Waals surface area contributed by atoms with Crippen LogP contribution in [0, 0.1) is 5.92 Å². The summed E-state index contributed by atoms with van der Waals surface area (Å²) in [7, 11) is 6.33. The van der Waals surface area contributed by atoms with E-state index in [1.807, 2.05) is 39.0 Å². The smallest absolute Gasteiger partial charge is 0.494 e. The Labute approximate surface area is 310 Å². The molecule has 3 unspecified atom stereocenters. The van der Waals surface area contributed by atoms with Crippen LogP contribution in [0.3, 0.4) is 0 Å². The van der Waals surface area contributed by atoms with E-state index in [1.165, 1.54) is 21.9 Å². The van der Waals surface area contributed by atoms with Crippen LogP contribution in [0.1, 0.15) is 49.8 Å². The van der Waals surface area contributed by atoms with Crippen LogP contribution in [-0.2, 0) is 32.3 Å². The van der Waals surface area contributed by atoms with Gasteiger partial charge in [-0.1, -0.05) is 78.9 Å². The van der Waals surface area contributed by atoms with Crippen LogP contribution in [0.2, 0.25) is 0 Å². The first-order chi connectivity index (χ1) is 25.0. The molecule has 9 heteroatoms. The molecule has 0 spiro atoms. The lowest BCUT2D eigenvalue weighted by atomic mass is 9.78. The number of carbonyl (C=O) groups excluding carboxylic acids is 1. The fraction of sp³-hybridized carbons (Fsp3) is 0.465. The van der Waals surface area contributed by atoms with Crippen LogP contribution >= 0.6 is 0 Å². The van der Waals surface area contributed by atoms with Crippen LogP contribution < -0.4 is 4.74 Å². The Morgan fingerprint density at radius 1 is 0.788 bits per heavy atom. The van der Waals surface area contributed by atoms with Gasteiger partial charge in [0.25, 0.3) is 0 Å². The van der Waals surface area contributed by atoms with Gasteiger partial charge in [-0.3, -0.25) is 0 Å². The Morgan fingerprint density at radius 2 is 1.52 bits per heavy atom. The standard InChI is InChI=1S/C43H57N3O6/c1-43(2,3)51-42(47)52-46-29-38(28-45(6)24-23-44(4)5)41(40(30-46)50-32-34-17-18-35-15-10-11-16-37(35)27-34)36-19-21-39(22-20-36)49-26-12-25-48-31-33-13-8-7-9-14-33/h7-11,13-22,27,38,40-41H,12,23-26,28-32H2,1-6H3. The Bertz CT molecular complexity index is 1660. The maximum Gasteiger partial charge on any atom is 0.528 e. The second-order valence-electron chi connectivity index (χ2n) is 15.1. The summed E-state index contributed by atoms with van der Waals surface area (Å²) in [4.78, 5) is 23.3. The molecule has 0 amide bonds. The quantitative estimate of drug-likeness (QED) is 0.0807. The number of hydrogen-bond acceptors (Lipinski definition) is 9. The summed E-state index contributed by atoms with van der Waals surface area (Å²) in [5, 5.41) is 4.11. The number of rotatable bonds is 17. The number of ether oxygens (including phenoxy) is 4. The molecule has 9 nitrogen and oxygen atoms in total. The normalized spacial score (nSPS) is 18.2. The minimum Gasteiger partial charge on any atom is -0.494 e. The summed E-state index contributed by atoms with van der Waals surface area (Å²) in [6.45, 7) is 11.4. The van der Waals surface area contributed by atoms with Crippen molar-refractivity contribution in [3.05, 3.63) is 114 Å². The van der Waals surface area contributed by atoms with E-state index in [0.717, 1.165) is 37.4 Å². The van der Waals surface area contributed by atoms with Gasteiger partial charge in [0.2, 0.25) is 0 Å². The van der Waals surface area contributed by atoms with Crippen molar-refractivity contribution < 1.29 is 28.6 Å². The SMILES string of the molecule is CN(C)CCN(C)CC1CN(OC(=O)OC(C)(C)C)CC(OCc2ccc3ccccc3c2)C1c1ccc(OCCCOCc2ccccc2)cc1. The zero-order valence-corrected chi connectivity index (χ0v) is 31.8. The summed E-state index contributed by atoms with van der Waals surface area (Å²) in [5.41, 5.74) is 2.78. The van der Waals surface area contributed by atoms with Gasteiger partial charge in [-0.2, -0.15) is 0 Å². The molecule has 3 atom stereocenters. The summed E-state index contributed by atoms with van der Waals surface area (Å²) >= 11 is 0. The second kappa shape index (κ2) is 19.2. The van der Waals surface area contributed by atoms with Crippen molar-refractivity contribution in [2.75, 3.05) is 67.1 Å². The summed E-state index contributed by atoms with van der Waals surface area (Å²) in [5.74, 6) is 0.963. The van der Waals surface area contributed by atoms with E-state index >= 15 is 0 Å². The predicted octanol–water partition coefficient (Wildman–Crippen LogP) is 7.79. The Kier molecular flexibility index (Phi) is 14.5. The molecule has 4 aromatic rings. The zero-order chi connectivity index (χ0) is 36.9. The van der Waals surface area contributed by atoms with Gasteiger partial charge in [-0.05, 0) is 93.5 Å². The van der Waals surface area contributed by atoms with E-state index in [1.54, 1.807) is 5.06 Å². The fourth-order valence-electron chi connectivity index (χ4n) is 6.63. The molecular formula is C43H57N3O6. The van der Waals surface area contributed by atoms with Gasteiger partial charge in [0.05, 0.1) is 39.1 Å². The molecule has 0 saturated carbocycles. The molecule has 1 heterocycles. The van der Waals surface area contributed by atoms with Gasteiger partial charge >= 0.3 is 6.16 Å². The van der Waals surface area contributed by atoms with Crippen LogP contribution in [0.25, 0.3) is 10.8 Å². The lowest BCUT2D eigenvalue weighted by Gasteiger charge is -2.44. The van der Waals surface area contributed by atoms with Crippen molar-refractivity contribution in [1.29, 1.82) is 0 Å². The summed E-state index contributed by atoms with van der Waals surface area (Å²) in [6.07, 6.45) is -0.161. The molecule has 1 aliphatic heterocycles. The first-order valence-electron chi connectivity index (χ1n) is 18.5. The highest BCUT2D eigenvalue weighted by atomic mass is 16.8. The van der Waals surface area contributed by atoms with Crippen molar-refractivity contribution in [3.63, 3.8) is 0 Å². The third-order valence-electron chi connectivity index (χ3n) is 9.15. The monoisotopic (exact) mass is 711 g/mol. The Morgan fingerprint density at radius 3 is 2.25 bits per heavy atom. The number of likely N-dealkylation sites (N-methyl/N-ethyl adjacent to an activating group) is 2. The summed E-state index contributed by atoms with van der Waals surface area (Å²) < 4.78 is 24.3. The molecule has 0 radical (unpaired) electrons. The molecule has 1 fully saturated rings. The molecule has 1 aliphatic rings. The average Bonchev–Trinajstić information content (AvgIpc) is 3.11. The molecule has 4 aromatic carbocycles. The fourth-order valence-corrected chi connectivity index (χ4v) is 6.63. The first-order valence-corrected chi connectivity index (χ1v) is 18.5. The Balaban J connectivity index is 1.31. The van der Waals surface area contributed by atoms with E-state index in [-0.39, 0.29) is 17.9 Å². The lowest BCUT2D eigenvalue weighted by Crippen LogP contribution is -2.52. The Hall–Kier alpha value is -3.99. The molecule has 0 bridgehead atoms. The summed E-state index contributed by atoms with van der Waals surface area (Å²) in [6, 6.07) is 33.4. The third-order valence-corrected chi connectivity index (χ3v) is 9.15. The largest absolute Gasteiger partial charge is 0.528 e. The van der Waals surface area contributed by atoms with E-state index in [4.69, 9.17) is 23.8 Å². The molecule has 0 N–H and O–H groups in total. The van der Waals surface area contributed by atoms with Crippen molar-refractivity contribution in [2.24, 2.45) is 5.92 Å². The van der Waals surface area contributed by atoms with Gasteiger partial charge in [-0.25, -0.2) is 4.79 Å². The molecule has 5 rings (SSSR count). The maximum absolute atomic E-state index is 12.9. The number of hydrogen-bond donors (Lipinski definition) is 0. The van der Waals surface area contributed by atoms with E-state index in [2.05, 4.69) is 110 Å². The van der Waals surface area contributed by atoms with Gasteiger partial charge in [-0.15, -0.1) is 5.06 Å². The molecule has 0 aliphatic carbocycles. The molecule has 280 valence electrons. The molecular weight excluding hydrogens is 654 g/mol. The third kappa shape index (κ3) is 12.6. The van der Waals surface area contributed by atoms with Crippen LogP contribution in [-0.4, -0.2) is 99.8 Å². The predicted molar refractivity (Wildman–Crippen MR) is 206 cm³/mol. The van der Waals surface area contributed by atoms with Gasteiger partial charge in [0, 0.05) is 38.5 Å². The van der Waals surface area contributed by atoms with Crippen LogP contribution in [0.5, 0.6) is 5.75 Å². The van der Waals surface area contributed by atoms with E-state index in [0.29, 0.717) is 39.5 Å². The molecule has 1 saturated heterocycles. The zero-order valence-electron chi connectivity index (χ0n) is 31.8. The molecule has 52 heavy (non-hydrogen) atoms. The maximum atomic E-state index is 12.9. The highest BCUT2D eigenvalue weighted by Crippen LogP contribution is 2.37. The number of nitrogens with zero attached hydrogens (tertiary/aromatic N) is 3. The van der Waals surface area contributed by atoms with Crippen molar-refractivity contribution >= 4 is 16.9 Å². The topological polar surface area (TPSA) is 72.9 Å². The van der Waals surface area contributed by atoms with Gasteiger partial charge < -0.3 is 33.6 Å². The first kappa shape index (κ1) is 39.2. The number of hydroxylamine groups is 2. The van der Waals surface area contributed by atoms with Crippen molar-refractivity contribution in [3.8, 4) is 5.75 Å². The van der Waals surface area contributed by atoms with Crippen molar-refractivity contribution in [1.82, 2.24) is 14.9 Å². The number of benzene rings is 4. The number of fused-ring (bicyclic) bond motifs is 1. The number of carbonyl (C=O) groups is 1. The highest BCUT2D eigenvalue weighted by Gasteiger charge is 2.41. The minimum absolute atomic E-state index is 0.0428.